The zero-order valence-electron chi connectivity index (χ0n) is 20.9. The molecule has 0 fully saturated rings. The Balaban J connectivity index is 2.10. The molecular weight excluding hydrogens is 504 g/mol. The lowest BCUT2D eigenvalue weighted by Gasteiger charge is -2.44. The summed E-state index contributed by atoms with van der Waals surface area (Å²) in [5.41, 5.74) is 0.289. The van der Waals surface area contributed by atoms with Gasteiger partial charge in [0, 0.05) is 10.6 Å². The summed E-state index contributed by atoms with van der Waals surface area (Å²) >= 11 is 0. The molecule has 1 atom stereocenters. The fourth-order valence-electron chi connectivity index (χ4n) is 5.52. The molecule has 0 bridgehead atoms. The van der Waals surface area contributed by atoms with Gasteiger partial charge in [-0.05, 0) is 46.9 Å². The number of aromatic hydroxyl groups is 1. The first kappa shape index (κ1) is 25.8. The average Bonchev–Trinajstić information content (AvgIpc) is 2.92. The maximum atomic E-state index is 16.3. The SMILES string of the molecule is Cc1cc(C(c2cccc3ccccc23)(C(F)(F)F)P(=O)(c2ccccc2)c2ccccc2)cc(C)c1O. The number of aryl methyl sites for hydroxylation is 2. The van der Waals surface area contributed by atoms with Crippen molar-refractivity contribution in [2.45, 2.75) is 25.2 Å². The number of benzene rings is 5. The molecule has 0 spiro atoms. The third-order valence-electron chi connectivity index (χ3n) is 7.21. The van der Waals surface area contributed by atoms with Gasteiger partial charge in [-0.25, -0.2) is 0 Å². The Labute approximate surface area is 219 Å². The summed E-state index contributed by atoms with van der Waals surface area (Å²) in [4.78, 5) is 0. The van der Waals surface area contributed by atoms with E-state index in [1.807, 2.05) is 0 Å². The minimum Gasteiger partial charge on any atom is -0.507 e. The number of hydrogen-bond donors (Lipinski definition) is 1. The van der Waals surface area contributed by atoms with Crippen molar-refractivity contribution in [3.63, 3.8) is 0 Å². The number of fused-ring (bicyclic) bond motifs is 1. The predicted molar refractivity (Wildman–Crippen MR) is 148 cm³/mol. The summed E-state index contributed by atoms with van der Waals surface area (Å²) in [6.07, 6.45) is -5.01. The zero-order chi connectivity index (χ0) is 27.1. The van der Waals surface area contributed by atoms with E-state index in [1.54, 1.807) is 86.6 Å². The lowest BCUT2D eigenvalue weighted by atomic mass is 9.84. The van der Waals surface area contributed by atoms with Crippen molar-refractivity contribution in [2.24, 2.45) is 0 Å². The predicted octanol–water partition coefficient (Wildman–Crippen LogP) is 7.98. The smallest absolute Gasteiger partial charge is 0.409 e. The molecule has 0 saturated carbocycles. The molecule has 0 aliphatic heterocycles. The molecule has 38 heavy (non-hydrogen) atoms. The second-order valence-corrected chi connectivity index (χ2v) is 12.4. The van der Waals surface area contributed by atoms with Crippen molar-refractivity contribution in [2.75, 3.05) is 0 Å². The van der Waals surface area contributed by atoms with Gasteiger partial charge in [-0.1, -0.05) is 115 Å². The molecule has 0 radical (unpaired) electrons. The molecule has 5 rings (SSSR count). The average molecular weight is 531 g/mol. The van der Waals surface area contributed by atoms with E-state index in [4.69, 9.17) is 0 Å². The van der Waals surface area contributed by atoms with Crippen LogP contribution in [0.15, 0.2) is 115 Å². The molecule has 6 heteroatoms. The van der Waals surface area contributed by atoms with Crippen LogP contribution in [-0.4, -0.2) is 11.3 Å². The van der Waals surface area contributed by atoms with Crippen LogP contribution in [0.4, 0.5) is 13.2 Å². The number of hydrogen-bond acceptors (Lipinski definition) is 2. The fourth-order valence-corrected chi connectivity index (χ4v) is 9.16. The summed E-state index contributed by atoms with van der Waals surface area (Å²) in [6.45, 7) is 3.12. The topological polar surface area (TPSA) is 37.3 Å². The van der Waals surface area contributed by atoms with Gasteiger partial charge < -0.3 is 9.67 Å². The summed E-state index contributed by atoms with van der Waals surface area (Å²) < 4.78 is 64.7. The number of halogens is 3. The zero-order valence-corrected chi connectivity index (χ0v) is 21.8. The molecule has 0 heterocycles. The summed E-state index contributed by atoms with van der Waals surface area (Å²) in [5.74, 6) is -0.0861. The number of rotatable bonds is 5. The van der Waals surface area contributed by atoms with Crippen molar-refractivity contribution in [1.82, 2.24) is 0 Å². The largest absolute Gasteiger partial charge is 0.507 e. The quantitative estimate of drug-likeness (QED) is 0.234. The van der Waals surface area contributed by atoms with Gasteiger partial charge in [0.15, 0.2) is 12.3 Å². The monoisotopic (exact) mass is 530 g/mol. The summed E-state index contributed by atoms with van der Waals surface area (Å²) in [6, 6.07) is 30.2. The molecule has 0 aliphatic carbocycles. The van der Waals surface area contributed by atoms with Crippen molar-refractivity contribution in [3.05, 3.63) is 138 Å². The Kier molecular flexibility index (Phi) is 6.44. The maximum absolute atomic E-state index is 16.3. The van der Waals surface area contributed by atoms with Crippen LogP contribution in [0.2, 0.25) is 0 Å². The molecule has 5 aromatic carbocycles. The minimum atomic E-state index is -5.01. The van der Waals surface area contributed by atoms with Crippen LogP contribution in [-0.2, 0) is 9.72 Å². The van der Waals surface area contributed by atoms with Gasteiger partial charge in [0.05, 0.1) is 0 Å². The molecule has 0 amide bonds. The van der Waals surface area contributed by atoms with E-state index in [0.717, 1.165) is 0 Å². The fraction of sp³-hybridized carbons (Fsp3) is 0.125. The van der Waals surface area contributed by atoms with Gasteiger partial charge in [-0.2, -0.15) is 13.2 Å². The van der Waals surface area contributed by atoms with E-state index in [-0.39, 0.29) is 38.6 Å². The van der Waals surface area contributed by atoms with Gasteiger partial charge in [0.25, 0.3) is 0 Å². The van der Waals surface area contributed by atoms with Gasteiger partial charge in [-0.15, -0.1) is 0 Å². The summed E-state index contributed by atoms with van der Waals surface area (Å²) in [7, 11) is -4.60. The van der Waals surface area contributed by atoms with Crippen molar-refractivity contribution in [1.29, 1.82) is 0 Å². The Bertz CT molecular complexity index is 1590. The first-order valence-electron chi connectivity index (χ1n) is 12.2. The molecular formula is C32H26F3O2P. The Morgan fingerprint density at radius 3 is 1.66 bits per heavy atom. The van der Waals surface area contributed by atoms with Gasteiger partial charge in [0.2, 0.25) is 0 Å². The molecule has 1 N–H and O–H groups in total. The molecule has 0 aromatic heterocycles. The third-order valence-corrected chi connectivity index (χ3v) is 11.0. The van der Waals surface area contributed by atoms with Crippen molar-refractivity contribution >= 4 is 28.5 Å². The highest BCUT2D eigenvalue weighted by molar-refractivity contribution is 7.80. The Hall–Kier alpha value is -3.82. The molecule has 1 unspecified atom stereocenters. The summed E-state index contributed by atoms with van der Waals surface area (Å²) in [5, 5.41) is 8.73. The highest BCUT2D eigenvalue weighted by atomic mass is 31.2. The van der Waals surface area contributed by atoms with E-state index in [2.05, 4.69) is 0 Å². The van der Waals surface area contributed by atoms with Gasteiger partial charge in [0.1, 0.15) is 5.75 Å². The molecule has 192 valence electrons. The number of alkyl halides is 3. The van der Waals surface area contributed by atoms with Crippen LogP contribution >= 0.6 is 7.14 Å². The second-order valence-electron chi connectivity index (χ2n) is 9.47. The van der Waals surface area contributed by atoms with E-state index in [1.165, 1.54) is 42.5 Å². The van der Waals surface area contributed by atoms with Crippen LogP contribution in [0.1, 0.15) is 22.3 Å². The first-order chi connectivity index (χ1) is 18.1. The number of phenols is 1. The molecule has 2 nitrogen and oxygen atoms in total. The molecule has 0 aliphatic rings. The first-order valence-corrected chi connectivity index (χ1v) is 13.9. The maximum Gasteiger partial charge on any atom is 0.409 e. The van der Waals surface area contributed by atoms with E-state index < -0.39 is 18.5 Å². The molecule has 0 saturated heterocycles. The van der Waals surface area contributed by atoms with E-state index in [0.29, 0.717) is 10.8 Å². The normalized spacial score (nSPS) is 13.8. The van der Waals surface area contributed by atoms with Gasteiger partial charge in [-0.3, -0.25) is 0 Å². The van der Waals surface area contributed by atoms with E-state index >= 15 is 17.7 Å². The number of phenolic OH excluding ortho intramolecular Hbond substituents is 1. The lowest BCUT2D eigenvalue weighted by Crippen LogP contribution is -2.48. The second kappa shape index (κ2) is 9.49. The van der Waals surface area contributed by atoms with Crippen molar-refractivity contribution < 1.29 is 22.8 Å². The van der Waals surface area contributed by atoms with Crippen LogP contribution in [0.25, 0.3) is 10.8 Å². The molecule has 5 aromatic rings. The Morgan fingerprint density at radius 2 is 1.13 bits per heavy atom. The van der Waals surface area contributed by atoms with Crippen LogP contribution in [0.5, 0.6) is 5.75 Å². The minimum absolute atomic E-state index is 0.0861. The van der Waals surface area contributed by atoms with Crippen LogP contribution in [0.3, 0.4) is 0 Å². The van der Waals surface area contributed by atoms with E-state index in [9.17, 15) is 5.11 Å². The highest BCUT2D eigenvalue weighted by Crippen LogP contribution is 2.71. The highest BCUT2D eigenvalue weighted by Gasteiger charge is 2.69. The van der Waals surface area contributed by atoms with Gasteiger partial charge >= 0.3 is 6.18 Å². The lowest BCUT2D eigenvalue weighted by molar-refractivity contribution is -0.154. The standard InChI is InChI=1S/C32H26F3O2P/c1-22-20-25(21-23(2)30(22)36)31(32(33,34)35,29-19-11-13-24-12-9-10-18-28(24)29)38(37,26-14-5-3-6-15-26)27-16-7-4-8-17-27/h3-21,36H,1-2H3. The van der Waals surface area contributed by atoms with Crippen LogP contribution in [0, 0.1) is 13.8 Å². The third kappa shape index (κ3) is 3.76. The van der Waals surface area contributed by atoms with Crippen LogP contribution < -0.4 is 10.6 Å². The van der Waals surface area contributed by atoms with Crippen molar-refractivity contribution in [3.8, 4) is 5.75 Å². The Morgan fingerprint density at radius 1 is 0.658 bits per heavy atom.